The number of hydrogen-bond acceptors (Lipinski definition) is 3. The zero-order chi connectivity index (χ0) is 14.7. The highest BCUT2D eigenvalue weighted by Gasteiger charge is 2.27. The molecule has 110 valence electrons. The first-order chi connectivity index (χ1) is 10.3. The summed E-state index contributed by atoms with van der Waals surface area (Å²) in [6.45, 7) is 1.63. The quantitative estimate of drug-likeness (QED) is 0.936. The first kappa shape index (κ1) is 13.7. The van der Waals surface area contributed by atoms with Gasteiger partial charge in [0, 0.05) is 13.1 Å². The molecule has 3 rings (SSSR count). The van der Waals surface area contributed by atoms with E-state index >= 15 is 0 Å². The normalized spacial score (nSPS) is 18.0. The van der Waals surface area contributed by atoms with Crippen molar-refractivity contribution in [2.75, 3.05) is 20.2 Å². The number of carbonyl (C=O) groups is 1. The molecule has 1 aromatic carbocycles. The van der Waals surface area contributed by atoms with Gasteiger partial charge in [-0.15, -0.1) is 0 Å². The van der Waals surface area contributed by atoms with Crippen LogP contribution in [0.4, 0.5) is 0 Å². The third kappa shape index (κ3) is 3.07. The minimum Gasteiger partial charge on any atom is -0.497 e. The van der Waals surface area contributed by atoms with Crippen molar-refractivity contribution in [3.8, 4) is 5.75 Å². The van der Waals surface area contributed by atoms with Crippen molar-refractivity contribution in [1.29, 1.82) is 0 Å². The third-order valence-electron chi connectivity index (χ3n) is 3.99. The lowest BCUT2D eigenvalue weighted by molar-refractivity contribution is 0.0782. The standard InChI is InChI=1S/C16H19N3O2/c1-21-14-4-2-12(3-5-14)8-13-6-7-19(10-13)16(20)15-9-17-11-18-15/h2-5,9,11,13H,6-8,10H2,1H3,(H,17,18). The van der Waals surface area contributed by atoms with Crippen LogP contribution in [-0.4, -0.2) is 41.0 Å². The van der Waals surface area contributed by atoms with Crippen molar-refractivity contribution in [3.63, 3.8) is 0 Å². The SMILES string of the molecule is COc1ccc(CC2CCN(C(=O)c3cnc[nH]3)C2)cc1. The number of nitrogens with one attached hydrogen (secondary N) is 1. The second-order valence-electron chi connectivity index (χ2n) is 5.42. The van der Waals surface area contributed by atoms with E-state index in [0.29, 0.717) is 11.6 Å². The number of aromatic nitrogens is 2. The molecule has 21 heavy (non-hydrogen) atoms. The van der Waals surface area contributed by atoms with E-state index in [4.69, 9.17) is 4.74 Å². The Labute approximate surface area is 124 Å². The van der Waals surface area contributed by atoms with E-state index in [1.54, 1.807) is 13.3 Å². The van der Waals surface area contributed by atoms with Gasteiger partial charge in [0.05, 0.1) is 19.6 Å². The van der Waals surface area contributed by atoms with E-state index in [0.717, 1.165) is 31.7 Å². The Hall–Kier alpha value is -2.30. The fourth-order valence-corrected chi connectivity index (χ4v) is 2.82. The van der Waals surface area contributed by atoms with Gasteiger partial charge in [-0.2, -0.15) is 0 Å². The molecule has 1 fully saturated rings. The summed E-state index contributed by atoms with van der Waals surface area (Å²) < 4.78 is 5.17. The average molecular weight is 285 g/mol. The van der Waals surface area contributed by atoms with Gasteiger partial charge in [-0.1, -0.05) is 12.1 Å². The topological polar surface area (TPSA) is 58.2 Å². The van der Waals surface area contributed by atoms with Gasteiger partial charge in [0.25, 0.3) is 5.91 Å². The van der Waals surface area contributed by atoms with Gasteiger partial charge < -0.3 is 14.6 Å². The molecule has 1 atom stereocenters. The Morgan fingerprint density at radius 2 is 2.24 bits per heavy atom. The lowest BCUT2D eigenvalue weighted by atomic mass is 9.99. The maximum Gasteiger partial charge on any atom is 0.271 e. The van der Waals surface area contributed by atoms with Gasteiger partial charge in [-0.3, -0.25) is 4.79 Å². The third-order valence-corrected chi connectivity index (χ3v) is 3.99. The van der Waals surface area contributed by atoms with Gasteiger partial charge in [-0.25, -0.2) is 4.98 Å². The Balaban J connectivity index is 1.58. The second kappa shape index (κ2) is 5.99. The van der Waals surface area contributed by atoms with Crippen LogP contribution in [0.2, 0.25) is 0 Å². The predicted molar refractivity (Wildman–Crippen MR) is 79.3 cm³/mol. The maximum absolute atomic E-state index is 12.2. The van der Waals surface area contributed by atoms with Crippen LogP contribution < -0.4 is 4.74 Å². The molecule has 0 radical (unpaired) electrons. The van der Waals surface area contributed by atoms with Gasteiger partial charge >= 0.3 is 0 Å². The minimum absolute atomic E-state index is 0.0460. The average Bonchev–Trinajstić information content (AvgIpc) is 3.19. The van der Waals surface area contributed by atoms with E-state index in [2.05, 4.69) is 22.1 Å². The Morgan fingerprint density at radius 3 is 2.90 bits per heavy atom. The molecule has 1 N–H and O–H groups in total. The van der Waals surface area contributed by atoms with Crippen molar-refractivity contribution in [2.24, 2.45) is 5.92 Å². The summed E-state index contributed by atoms with van der Waals surface area (Å²) in [5, 5.41) is 0. The number of methoxy groups -OCH3 is 1. The first-order valence-corrected chi connectivity index (χ1v) is 7.17. The smallest absolute Gasteiger partial charge is 0.271 e. The van der Waals surface area contributed by atoms with E-state index in [1.165, 1.54) is 11.9 Å². The number of imidazole rings is 1. The molecular formula is C16H19N3O2. The summed E-state index contributed by atoms with van der Waals surface area (Å²) >= 11 is 0. The maximum atomic E-state index is 12.2. The number of rotatable bonds is 4. The molecule has 1 aromatic heterocycles. The number of aromatic amines is 1. The van der Waals surface area contributed by atoms with Crippen molar-refractivity contribution in [2.45, 2.75) is 12.8 Å². The van der Waals surface area contributed by atoms with Gasteiger partial charge in [0.15, 0.2) is 0 Å². The zero-order valence-electron chi connectivity index (χ0n) is 12.1. The number of hydrogen-bond donors (Lipinski definition) is 1. The predicted octanol–water partition coefficient (Wildman–Crippen LogP) is 2.12. The summed E-state index contributed by atoms with van der Waals surface area (Å²) in [5.41, 5.74) is 1.86. The molecule has 0 bridgehead atoms. The van der Waals surface area contributed by atoms with Crippen LogP contribution in [-0.2, 0) is 6.42 Å². The van der Waals surface area contributed by atoms with E-state index < -0.39 is 0 Å². The molecule has 5 nitrogen and oxygen atoms in total. The van der Waals surface area contributed by atoms with E-state index in [1.807, 2.05) is 17.0 Å². The van der Waals surface area contributed by atoms with Crippen molar-refractivity contribution in [1.82, 2.24) is 14.9 Å². The number of likely N-dealkylation sites (tertiary alicyclic amines) is 1. The molecule has 0 spiro atoms. The second-order valence-corrected chi connectivity index (χ2v) is 5.42. The number of ether oxygens (including phenoxy) is 1. The molecule has 5 heteroatoms. The molecule has 2 aromatic rings. The van der Waals surface area contributed by atoms with E-state index in [9.17, 15) is 4.79 Å². The zero-order valence-corrected chi connectivity index (χ0v) is 12.1. The molecule has 1 amide bonds. The van der Waals surface area contributed by atoms with Crippen LogP contribution in [0.15, 0.2) is 36.8 Å². The lowest BCUT2D eigenvalue weighted by Crippen LogP contribution is -2.29. The van der Waals surface area contributed by atoms with Crippen LogP contribution in [0.3, 0.4) is 0 Å². The van der Waals surface area contributed by atoms with E-state index in [-0.39, 0.29) is 5.91 Å². The summed E-state index contributed by atoms with van der Waals surface area (Å²) in [6.07, 6.45) is 5.17. The molecule has 1 saturated heterocycles. The first-order valence-electron chi connectivity index (χ1n) is 7.17. The van der Waals surface area contributed by atoms with Crippen LogP contribution in [0.1, 0.15) is 22.5 Å². The minimum atomic E-state index is 0.0460. The van der Waals surface area contributed by atoms with Crippen LogP contribution >= 0.6 is 0 Å². The summed E-state index contributed by atoms with van der Waals surface area (Å²) in [6, 6.07) is 8.16. The molecule has 1 aliphatic heterocycles. The van der Waals surface area contributed by atoms with Gasteiger partial charge in [-0.05, 0) is 36.5 Å². The summed E-state index contributed by atoms with van der Waals surface area (Å²) in [5.74, 6) is 1.44. The highest BCUT2D eigenvalue weighted by molar-refractivity contribution is 5.92. The number of carbonyl (C=O) groups excluding carboxylic acids is 1. The van der Waals surface area contributed by atoms with Crippen molar-refractivity contribution in [3.05, 3.63) is 48.0 Å². The van der Waals surface area contributed by atoms with Gasteiger partial charge in [0.2, 0.25) is 0 Å². The Kier molecular flexibility index (Phi) is 3.90. The van der Waals surface area contributed by atoms with Crippen LogP contribution in [0, 0.1) is 5.92 Å². The molecule has 0 saturated carbocycles. The number of nitrogens with zero attached hydrogens (tertiary/aromatic N) is 2. The molecular weight excluding hydrogens is 266 g/mol. The van der Waals surface area contributed by atoms with Crippen LogP contribution in [0.25, 0.3) is 0 Å². The van der Waals surface area contributed by atoms with Crippen molar-refractivity contribution >= 4 is 5.91 Å². The number of benzene rings is 1. The number of H-pyrrole nitrogens is 1. The molecule has 1 aliphatic rings. The molecule has 0 aliphatic carbocycles. The molecule has 2 heterocycles. The summed E-state index contributed by atoms with van der Waals surface area (Å²) in [7, 11) is 1.67. The van der Waals surface area contributed by atoms with Gasteiger partial charge in [0.1, 0.15) is 11.4 Å². The fraction of sp³-hybridized carbons (Fsp3) is 0.375. The van der Waals surface area contributed by atoms with Crippen LogP contribution in [0.5, 0.6) is 5.75 Å². The largest absolute Gasteiger partial charge is 0.497 e. The highest BCUT2D eigenvalue weighted by Crippen LogP contribution is 2.23. The Morgan fingerprint density at radius 1 is 1.43 bits per heavy atom. The highest BCUT2D eigenvalue weighted by atomic mass is 16.5. The fourth-order valence-electron chi connectivity index (χ4n) is 2.82. The monoisotopic (exact) mass is 285 g/mol. The number of amides is 1. The summed E-state index contributed by atoms with van der Waals surface area (Å²) in [4.78, 5) is 20.9. The van der Waals surface area contributed by atoms with Crippen molar-refractivity contribution < 1.29 is 9.53 Å². The lowest BCUT2D eigenvalue weighted by Gasteiger charge is -2.15. The molecule has 1 unspecified atom stereocenters. The Bertz CT molecular complexity index is 592.